The van der Waals surface area contributed by atoms with Crippen LogP contribution in [0.25, 0.3) is 0 Å². The molecule has 24 nitrogen and oxygen atoms in total. The Bertz CT molecular complexity index is 2030. The molecule has 0 amide bonds. The third-order valence-corrected chi connectivity index (χ3v) is 20.8. The quantitative estimate of drug-likeness (QED) is 0.0534. The molecule has 16 N–H and O–H groups in total. The maximum absolute atomic E-state index is 12.9. The molecule has 0 bridgehead atoms. The van der Waals surface area contributed by atoms with Gasteiger partial charge >= 0.3 is 0 Å². The molecule has 452 valence electrons. The number of allylic oxidation sites excluding steroid dienone is 2. The Balaban J connectivity index is 1.08. The highest BCUT2D eigenvalue weighted by atomic mass is 16.8. The number of aliphatic hydroxyl groups excluding tert-OH is 16. The van der Waals surface area contributed by atoms with Crippen LogP contribution in [0.1, 0.15) is 107 Å². The molecule has 0 spiro atoms. The van der Waals surface area contributed by atoms with Gasteiger partial charge in [0, 0.05) is 0 Å². The highest BCUT2D eigenvalue weighted by molar-refractivity contribution is 5.22. The molecule has 0 unspecified atom stereocenters. The van der Waals surface area contributed by atoms with E-state index in [-0.39, 0.29) is 5.92 Å². The Hall–Kier alpha value is -1.22. The monoisotopic (exact) mass is 1120 g/mol. The summed E-state index contributed by atoms with van der Waals surface area (Å²) in [5.41, 5.74) is -2.88. The van der Waals surface area contributed by atoms with Crippen molar-refractivity contribution in [2.75, 3.05) is 26.4 Å². The van der Waals surface area contributed by atoms with E-state index in [0.29, 0.717) is 51.4 Å². The fraction of sp³-hybridized carbons (Fsp3) is 0.963. The van der Waals surface area contributed by atoms with Crippen LogP contribution in [-0.2, 0) is 37.9 Å². The molecule has 0 aromatic heterocycles. The molecule has 4 aliphatic heterocycles. The third kappa shape index (κ3) is 10.7. The summed E-state index contributed by atoms with van der Waals surface area (Å²) in [7, 11) is 0. The molecule has 4 saturated carbocycles. The molecule has 0 aromatic rings. The van der Waals surface area contributed by atoms with Crippen LogP contribution in [0.2, 0.25) is 0 Å². The molecule has 78 heavy (non-hydrogen) atoms. The van der Waals surface area contributed by atoms with Crippen molar-refractivity contribution in [3.05, 3.63) is 11.6 Å². The first-order chi connectivity index (χ1) is 36.5. The summed E-state index contributed by atoms with van der Waals surface area (Å²) < 4.78 is 49.1. The van der Waals surface area contributed by atoms with Gasteiger partial charge in [0.1, 0.15) is 97.7 Å². The van der Waals surface area contributed by atoms with Crippen molar-refractivity contribution in [2.24, 2.45) is 45.3 Å². The van der Waals surface area contributed by atoms with Gasteiger partial charge in [-0.1, -0.05) is 46.3 Å². The summed E-state index contributed by atoms with van der Waals surface area (Å²) in [6, 6.07) is 0. The highest BCUT2D eigenvalue weighted by Crippen LogP contribution is 2.76. The van der Waals surface area contributed by atoms with E-state index in [4.69, 9.17) is 37.9 Å². The Morgan fingerprint density at radius 3 is 1.51 bits per heavy atom. The normalized spacial score (nSPS) is 53.1. The van der Waals surface area contributed by atoms with E-state index in [1.807, 2.05) is 40.7 Å². The lowest BCUT2D eigenvalue weighted by Gasteiger charge is -2.72. The lowest BCUT2D eigenvalue weighted by Crippen LogP contribution is -2.71. The van der Waals surface area contributed by atoms with Crippen LogP contribution in [0, 0.1) is 45.3 Å². The van der Waals surface area contributed by atoms with Crippen molar-refractivity contribution in [2.45, 2.75) is 253 Å². The fourth-order valence-corrected chi connectivity index (χ4v) is 16.4. The van der Waals surface area contributed by atoms with Crippen LogP contribution < -0.4 is 0 Å². The van der Waals surface area contributed by atoms with Crippen LogP contribution in [-0.4, -0.2) is 255 Å². The number of aliphatic hydroxyl groups is 16. The third-order valence-electron chi connectivity index (χ3n) is 20.8. The van der Waals surface area contributed by atoms with E-state index >= 15 is 0 Å². The van der Waals surface area contributed by atoms with Gasteiger partial charge in [0.15, 0.2) is 25.2 Å². The predicted octanol–water partition coefficient (Wildman–Crippen LogP) is -3.23. The molecule has 8 rings (SSSR count). The van der Waals surface area contributed by atoms with Crippen molar-refractivity contribution in [1.29, 1.82) is 0 Å². The van der Waals surface area contributed by atoms with Crippen molar-refractivity contribution in [3.8, 4) is 0 Å². The van der Waals surface area contributed by atoms with Gasteiger partial charge < -0.3 is 120 Å². The van der Waals surface area contributed by atoms with Crippen molar-refractivity contribution < 1.29 is 120 Å². The Labute approximate surface area is 455 Å². The van der Waals surface area contributed by atoms with Gasteiger partial charge in [-0.15, -0.1) is 0 Å². The maximum Gasteiger partial charge on any atom is 0.187 e. The van der Waals surface area contributed by atoms with Crippen molar-refractivity contribution in [1.82, 2.24) is 0 Å². The number of hydrogen-bond acceptors (Lipinski definition) is 24. The zero-order chi connectivity index (χ0) is 57.5. The minimum Gasteiger partial charge on any atom is -0.394 e. The van der Waals surface area contributed by atoms with Gasteiger partial charge in [-0.25, -0.2) is 0 Å². The van der Waals surface area contributed by atoms with E-state index in [1.54, 1.807) is 0 Å². The number of ether oxygens (including phenoxy) is 8. The van der Waals surface area contributed by atoms with Gasteiger partial charge in [0.05, 0.1) is 50.3 Å². The Morgan fingerprint density at radius 2 is 1.01 bits per heavy atom. The molecular weight excluding hydrogens is 1030 g/mol. The summed E-state index contributed by atoms with van der Waals surface area (Å²) >= 11 is 0. The van der Waals surface area contributed by atoms with E-state index in [2.05, 4.69) is 20.8 Å². The summed E-state index contributed by atoms with van der Waals surface area (Å²) in [5, 5.41) is 176. The smallest absolute Gasteiger partial charge is 0.187 e. The first-order valence-electron chi connectivity index (χ1n) is 28.0. The van der Waals surface area contributed by atoms with Crippen LogP contribution in [0.5, 0.6) is 0 Å². The zero-order valence-electron chi connectivity index (χ0n) is 46.1. The molecular formula is C54H92O24. The number of hydrogen-bond donors (Lipinski definition) is 16. The summed E-state index contributed by atoms with van der Waals surface area (Å²) in [4.78, 5) is 0. The minimum atomic E-state index is -1.85. The Morgan fingerprint density at radius 1 is 0.551 bits per heavy atom. The van der Waals surface area contributed by atoms with E-state index < -0.39 is 213 Å². The van der Waals surface area contributed by atoms with Crippen LogP contribution >= 0.6 is 0 Å². The first-order valence-corrected chi connectivity index (χ1v) is 28.0. The summed E-state index contributed by atoms with van der Waals surface area (Å²) in [6.45, 7) is 13.3. The van der Waals surface area contributed by atoms with Gasteiger partial charge in [0.25, 0.3) is 0 Å². The van der Waals surface area contributed by atoms with Gasteiger partial charge in [-0.3, -0.25) is 0 Å². The molecule has 4 aliphatic carbocycles. The van der Waals surface area contributed by atoms with Gasteiger partial charge in [-0.05, 0) is 117 Å². The highest BCUT2D eigenvalue weighted by Gasteiger charge is 2.74. The van der Waals surface area contributed by atoms with Crippen LogP contribution in [0.15, 0.2) is 11.6 Å². The maximum atomic E-state index is 12.9. The second-order valence-corrected chi connectivity index (χ2v) is 25.9. The topological polar surface area (TPSA) is 398 Å². The van der Waals surface area contributed by atoms with Crippen molar-refractivity contribution >= 4 is 0 Å². The standard InChI is InChI=1S/C54H92O24/c1-22(2)10-9-13-54(8,78-49-42(70)38(66)44(29(21-58)75-49)77-48-40(68)36(64)34(62)27(19-56)73-48)23-11-15-52(6)32(23)24(59)16-30-51(5)14-12-31(60)50(3,4)45(51)25(17-53(30,52)7)71-46-41(69)37(65)43(28(20-57)74-46)76-47-39(67)35(63)33(61)26(18-55)72-47/h10,23-49,55-70H,9,11-21H2,1-8H3/t23-,24+,25-,26+,27+,28+,29+,30+,31-,32-,33-,34-,35-,36-,37+,38+,39+,40+,41+,42+,43+,44+,45-,46+,47-,48-,49-,51+,52+,53+,54-/m0/s1. The largest absolute Gasteiger partial charge is 0.394 e. The zero-order valence-corrected chi connectivity index (χ0v) is 46.1. The average Bonchev–Trinajstić information content (AvgIpc) is 3.85. The molecule has 4 saturated heterocycles. The molecule has 0 radical (unpaired) electrons. The Kier molecular flexibility index (Phi) is 19.1. The molecule has 24 heteroatoms. The molecule has 4 heterocycles. The first kappa shape index (κ1) is 62.8. The van der Waals surface area contributed by atoms with E-state index in [1.165, 1.54) is 0 Å². The molecule has 31 atom stereocenters. The summed E-state index contributed by atoms with van der Waals surface area (Å²) in [5.74, 6) is -1.44. The SMILES string of the molecule is CC(C)=CCC[C@](C)(O[C@@H]1O[C@H](CO)[C@@H](O[C@@H]2O[C@H](CO)[C@H](O)[C@H](O)[C@H]2O)[C@H](O)[C@H]1O)[C@H]1CC[C@]2(C)[C@@H]1[C@H](O)C[C@@H]1[C@@]3(C)CC[C@H](O)C(C)(C)[C@@H]3[C@@H](O[C@@H]3O[C@H](CO)[C@@H](O[C@@H]4O[C@H](CO)[C@H](O)[C@H](O)[C@H]4O)[C@H](O)[C@H]3O)C[C@]12C. The molecule has 8 fully saturated rings. The minimum absolute atomic E-state index is 0.150. The lowest BCUT2D eigenvalue weighted by molar-refractivity contribution is -0.375. The predicted molar refractivity (Wildman–Crippen MR) is 268 cm³/mol. The molecule has 0 aromatic carbocycles. The molecule has 8 aliphatic rings. The van der Waals surface area contributed by atoms with E-state index in [9.17, 15) is 81.7 Å². The van der Waals surface area contributed by atoms with E-state index in [0.717, 1.165) is 5.57 Å². The lowest BCUT2D eigenvalue weighted by atomic mass is 9.34. The van der Waals surface area contributed by atoms with Gasteiger partial charge in [-0.2, -0.15) is 0 Å². The van der Waals surface area contributed by atoms with Crippen LogP contribution in [0.3, 0.4) is 0 Å². The average molecular weight is 1130 g/mol. The summed E-state index contributed by atoms with van der Waals surface area (Å²) in [6.07, 6.45) is -29.8. The second-order valence-electron chi connectivity index (χ2n) is 25.9. The number of rotatable bonds is 16. The number of fused-ring (bicyclic) bond motifs is 5. The second kappa shape index (κ2) is 23.7. The van der Waals surface area contributed by atoms with Gasteiger partial charge in [0.2, 0.25) is 0 Å². The fourth-order valence-electron chi connectivity index (χ4n) is 16.4. The van der Waals surface area contributed by atoms with Crippen molar-refractivity contribution in [3.63, 3.8) is 0 Å². The van der Waals surface area contributed by atoms with Crippen LogP contribution in [0.4, 0.5) is 0 Å².